The summed E-state index contributed by atoms with van der Waals surface area (Å²) in [5, 5.41) is 12.5. The van der Waals surface area contributed by atoms with E-state index < -0.39 is 0 Å². The highest BCUT2D eigenvalue weighted by Gasteiger charge is 2.31. The normalized spacial score (nSPS) is 18.4. The Morgan fingerprint density at radius 1 is 1.12 bits per heavy atom. The van der Waals surface area contributed by atoms with Crippen LogP contribution in [-0.4, -0.2) is 55.6 Å². The molecule has 2 atom stereocenters. The molecule has 0 radical (unpaired) electrons. The Morgan fingerprint density at radius 3 is 2.70 bits per heavy atom. The maximum absolute atomic E-state index is 12.0. The van der Waals surface area contributed by atoms with Gasteiger partial charge in [0.1, 0.15) is 6.10 Å². The van der Waals surface area contributed by atoms with E-state index in [0.29, 0.717) is 25.4 Å². The molecule has 1 fully saturated rings. The van der Waals surface area contributed by atoms with Gasteiger partial charge in [-0.2, -0.15) is 20.0 Å². The van der Waals surface area contributed by atoms with Crippen LogP contribution in [0.4, 0.5) is 0 Å². The van der Waals surface area contributed by atoms with Crippen LogP contribution in [0.1, 0.15) is 28.4 Å². The third-order valence-corrected chi connectivity index (χ3v) is 6.11. The quantitative estimate of drug-likeness (QED) is 0.422. The summed E-state index contributed by atoms with van der Waals surface area (Å²) in [6.07, 6.45) is 5.92. The van der Waals surface area contributed by atoms with Gasteiger partial charge in [0.25, 0.3) is 0 Å². The van der Waals surface area contributed by atoms with Crippen molar-refractivity contribution >= 4 is 6.41 Å². The van der Waals surface area contributed by atoms with Crippen LogP contribution in [0.15, 0.2) is 59.7 Å². The second-order valence-corrected chi connectivity index (χ2v) is 8.25. The van der Waals surface area contributed by atoms with Crippen molar-refractivity contribution < 1.29 is 14.1 Å². The summed E-state index contributed by atoms with van der Waals surface area (Å²) in [5.41, 5.74) is 6.09. The topological polar surface area (TPSA) is 99.2 Å². The van der Waals surface area contributed by atoms with E-state index in [2.05, 4.69) is 46.3 Å². The molecule has 1 saturated heterocycles. The summed E-state index contributed by atoms with van der Waals surface area (Å²) in [6.45, 7) is 5.01. The number of carbonyl (C=O) groups excluding carboxylic acids is 1. The third-order valence-electron chi connectivity index (χ3n) is 6.11. The van der Waals surface area contributed by atoms with Gasteiger partial charge in [0, 0.05) is 11.1 Å². The lowest BCUT2D eigenvalue weighted by atomic mass is 9.97. The molecule has 2 aromatic heterocycles. The largest absolute Gasteiger partial charge is 0.369 e. The van der Waals surface area contributed by atoms with Gasteiger partial charge in [-0.25, -0.2) is 0 Å². The lowest BCUT2D eigenvalue weighted by Crippen LogP contribution is -2.47. The van der Waals surface area contributed by atoms with E-state index in [1.165, 1.54) is 6.39 Å². The summed E-state index contributed by atoms with van der Waals surface area (Å²) in [5.74, 6) is 0.540. The van der Waals surface area contributed by atoms with Crippen LogP contribution in [0.5, 0.6) is 0 Å². The zero-order valence-corrected chi connectivity index (χ0v) is 18.5. The maximum Gasteiger partial charge on any atom is 0.214 e. The van der Waals surface area contributed by atoms with E-state index in [9.17, 15) is 4.79 Å². The third kappa shape index (κ3) is 4.27. The zero-order valence-electron chi connectivity index (χ0n) is 18.5. The highest BCUT2D eigenvalue weighted by molar-refractivity contribution is 5.55. The van der Waals surface area contributed by atoms with E-state index in [1.807, 2.05) is 29.2 Å². The fraction of sp³-hybridized carbons (Fsp3) is 0.292. The van der Waals surface area contributed by atoms with Gasteiger partial charge in [-0.15, -0.1) is 0 Å². The van der Waals surface area contributed by atoms with Gasteiger partial charge >= 0.3 is 0 Å². The van der Waals surface area contributed by atoms with Gasteiger partial charge in [-0.05, 0) is 49.1 Å². The Labute approximate surface area is 191 Å². The lowest BCUT2D eigenvalue weighted by molar-refractivity contribution is -0.132. The summed E-state index contributed by atoms with van der Waals surface area (Å²) in [6, 6.07) is 12.0. The fourth-order valence-corrected chi connectivity index (χ4v) is 4.21. The molecule has 0 N–H and O–H groups in total. The highest BCUT2D eigenvalue weighted by atomic mass is 16.5. The second kappa shape index (κ2) is 8.95. The molecule has 0 saturated carbocycles. The molecule has 1 aliphatic rings. The number of aromatic nitrogens is 5. The van der Waals surface area contributed by atoms with Crippen molar-refractivity contribution in [1.82, 2.24) is 30.0 Å². The Bertz CT molecular complexity index is 1240. The molecule has 1 amide bonds. The van der Waals surface area contributed by atoms with Gasteiger partial charge in [-0.3, -0.25) is 4.79 Å². The van der Waals surface area contributed by atoms with Crippen LogP contribution >= 0.6 is 0 Å². The van der Waals surface area contributed by atoms with Gasteiger partial charge in [0.2, 0.25) is 18.6 Å². The molecule has 0 aliphatic carbocycles. The predicted molar refractivity (Wildman–Crippen MR) is 120 cm³/mol. The molecule has 4 aromatic rings. The van der Waals surface area contributed by atoms with Crippen LogP contribution in [0.3, 0.4) is 0 Å². The van der Waals surface area contributed by atoms with Crippen molar-refractivity contribution in [3.8, 4) is 17.1 Å². The highest BCUT2D eigenvalue weighted by Crippen LogP contribution is 2.31. The minimum absolute atomic E-state index is 0.0721. The number of hydrogen-bond donors (Lipinski definition) is 0. The predicted octanol–water partition coefficient (Wildman–Crippen LogP) is 3.08. The first-order chi connectivity index (χ1) is 16.1. The Hall–Kier alpha value is -3.85. The molecule has 5 rings (SSSR count). The van der Waals surface area contributed by atoms with Gasteiger partial charge in [-0.1, -0.05) is 29.4 Å². The lowest BCUT2D eigenvalue weighted by Gasteiger charge is -2.38. The molecular weight excluding hydrogens is 420 g/mol. The van der Waals surface area contributed by atoms with Gasteiger partial charge in [0.05, 0.1) is 37.3 Å². The number of rotatable bonds is 6. The Morgan fingerprint density at radius 2 is 1.94 bits per heavy atom. The average molecular weight is 444 g/mol. The van der Waals surface area contributed by atoms with Crippen molar-refractivity contribution in [2.24, 2.45) is 0 Å². The van der Waals surface area contributed by atoms with E-state index in [1.54, 1.807) is 17.2 Å². The number of benzene rings is 2. The fourth-order valence-electron chi connectivity index (χ4n) is 4.21. The number of amides is 1. The average Bonchev–Trinajstić information content (AvgIpc) is 3.56. The van der Waals surface area contributed by atoms with E-state index >= 15 is 0 Å². The number of carbonyl (C=O) groups is 1. The van der Waals surface area contributed by atoms with Crippen molar-refractivity contribution in [2.45, 2.75) is 32.4 Å². The molecular formula is C24H24N6O3. The summed E-state index contributed by atoms with van der Waals surface area (Å²) < 4.78 is 11.2. The van der Waals surface area contributed by atoms with Crippen molar-refractivity contribution in [1.29, 1.82) is 0 Å². The van der Waals surface area contributed by atoms with E-state index in [-0.39, 0.29) is 12.1 Å². The summed E-state index contributed by atoms with van der Waals surface area (Å²) in [4.78, 5) is 19.6. The van der Waals surface area contributed by atoms with Crippen molar-refractivity contribution in [2.75, 3.05) is 13.2 Å². The number of morpholine rings is 1. The minimum atomic E-state index is -0.266. The summed E-state index contributed by atoms with van der Waals surface area (Å²) >= 11 is 0. The minimum Gasteiger partial charge on any atom is -0.369 e. The monoisotopic (exact) mass is 444 g/mol. The second-order valence-electron chi connectivity index (χ2n) is 8.25. The van der Waals surface area contributed by atoms with Crippen LogP contribution in [0.2, 0.25) is 0 Å². The number of hydrogen-bond acceptors (Lipinski definition) is 7. The van der Waals surface area contributed by atoms with Crippen LogP contribution in [0, 0.1) is 13.8 Å². The molecule has 33 heavy (non-hydrogen) atoms. The molecule has 1 aliphatic heterocycles. The van der Waals surface area contributed by atoms with E-state index in [4.69, 9.17) is 9.26 Å². The van der Waals surface area contributed by atoms with Crippen LogP contribution < -0.4 is 0 Å². The standard InChI is InChI=1S/C24H24N6O3/c1-16-8-21(22(9-17(16)2)30-26-6-7-27-30)23-12-29(15-31)20(13-32-23)11-18-4-3-5-19(10-18)24-25-14-33-28-24/h3-10,14-15,20,23H,11-13H2,1-2H3/t20-,23?/m1/s1. The zero-order chi connectivity index (χ0) is 22.8. The Kier molecular flexibility index (Phi) is 5.70. The summed E-state index contributed by atoms with van der Waals surface area (Å²) in [7, 11) is 0. The SMILES string of the molecule is Cc1cc(C2CN(C=O)[C@H](Cc3cccc(-c4ncon4)c3)CO2)c(-n2nccn2)cc1C. The first-order valence-electron chi connectivity index (χ1n) is 10.8. The van der Waals surface area contributed by atoms with Crippen molar-refractivity contribution in [3.63, 3.8) is 0 Å². The molecule has 9 nitrogen and oxygen atoms in total. The molecule has 1 unspecified atom stereocenters. The molecule has 0 spiro atoms. The first kappa shape index (κ1) is 21.0. The molecule has 2 aromatic carbocycles. The van der Waals surface area contributed by atoms with Crippen molar-refractivity contribution in [3.05, 3.63) is 77.4 Å². The van der Waals surface area contributed by atoms with E-state index in [0.717, 1.165) is 39.9 Å². The number of ether oxygens (including phenoxy) is 1. The molecule has 0 bridgehead atoms. The van der Waals surface area contributed by atoms with Crippen LogP contribution in [0.25, 0.3) is 17.1 Å². The number of nitrogens with zero attached hydrogens (tertiary/aromatic N) is 6. The molecule has 168 valence electrons. The molecule has 9 heteroatoms. The maximum atomic E-state index is 12.0. The smallest absolute Gasteiger partial charge is 0.214 e. The van der Waals surface area contributed by atoms with Gasteiger partial charge < -0.3 is 14.2 Å². The van der Waals surface area contributed by atoms with Gasteiger partial charge in [0.15, 0.2) is 0 Å². The van der Waals surface area contributed by atoms with Crippen LogP contribution in [-0.2, 0) is 16.0 Å². The number of aryl methyl sites for hydroxylation is 2. The molecule has 3 heterocycles. The first-order valence-corrected chi connectivity index (χ1v) is 10.8. The Balaban J connectivity index is 1.37.